The van der Waals surface area contributed by atoms with Crippen LogP contribution in [0, 0.1) is 5.82 Å². The summed E-state index contributed by atoms with van der Waals surface area (Å²) in [5.41, 5.74) is 6.64. The molecule has 0 aliphatic heterocycles. The molecular formula is C11H14FNO3. The second-order valence-electron chi connectivity index (χ2n) is 3.49. The maximum absolute atomic E-state index is 13.2. The molecule has 4 nitrogen and oxygen atoms in total. The van der Waals surface area contributed by atoms with E-state index in [9.17, 15) is 9.18 Å². The lowest BCUT2D eigenvalue weighted by Gasteiger charge is -2.11. The molecule has 16 heavy (non-hydrogen) atoms. The van der Waals surface area contributed by atoms with Gasteiger partial charge in [-0.25, -0.2) is 4.39 Å². The van der Waals surface area contributed by atoms with Crippen LogP contribution in [-0.4, -0.2) is 18.2 Å². The molecular weight excluding hydrogens is 213 g/mol. The van der Waals surface area contributed by atoms with Crippen LogP contribution in [-0.2, 0) is 16.1 Å². The van der Waals surface area contributed by atoms with Crippen molar-refractivity contribution in [2.45, 2.75) is 19.1 Å². The Bertz CT molecular complexity index is 381. The lowest BCUT2D eigenvalue weighted by atomic mass is 10.0. The number of rotatable bonds is 5. The number of benzene rings is 1. The van der Waals surface area contributed by atoms with E-state index in [0.717, 1.165) is 0 Å². The number of halogens is 1. The normalized spacial score (nSPS) is 12.4. The van der Waals surface area contributed by atoms with Crippen LogP contribution in [0.1, 0.15) is 23.6 Å². The van der Waals surface area contributed by atoms with E-state index in [0.29, 0.717) is 11.1 Å². The zero-order valence-corrected chi connectivity index (χ0v) is 8.94. The number of nitrogens with two attached hydrogens (primary N) is 1. The van der Waals surface area contributed by atoms with E-state index in [2.05, 4.69) is 0 Å². The highest BCUT2D eigenvalue weighted by molar-refractivity contribution is 5.67. The molecule has 0 aliphatic carbocycles. The average molecular weight is 227 g/mol. The monoisotopic (exact) mass is 227 g/mol. The van der Waals surface area contributed by atoms with Crippen LogP contribution in [0.3, 0.4) is 0 Å². The molecule has 1 aromatic rings. The summed E-state index contributed by atoms with van der Waals surface area (Å²) in [5, 5.41) is 8.59. The van der Waals surface area contributed by atoms with Gasteiger partial charge < -0.3 is 15.6 Å². The molecule has 0 heterocycles. The molecule has 5 heteroatoms. The van der Waals surface area contributed by atoms with E-state index in [4.69, 9.17) is 15.6 Å². The second-order valence-corrected chi connectivity index (χ2v) is 3.49. The van der Waals surface area contributed by atoms with E-state index >= 15 is 0 Å². The zero-order chi connectivity index (χ0) is 12.1. The summed E-state index contributed by atoms with van der Waals surface area (Å²) >= 11 is 0. The summed E-state index contributed by atoms with van der Waals surface area (Å²) in [5.74, 6) is -1.36. The van der Waals surface area contributed by atoms with Gasteiger partial charge in [-0.05, 0) is 17.7 Å². The molecule has 0 fully saturated rings. The van der Waals surface area contributed by atoms with Crippen LogP contribution in [0.25, 0.3) is 0 Å². The Hall–Kier alpha value is -1.46. The quantitative estimate of drug-likeness (QED) is 0.798. The molecule has 0 radical (unpaired) electrons. The molecule has 1 atom stereocenters. The van der Waals surface area contributed by atoms with Crippen molar-refractivity contribution in [3.63, 3.8) is 0 Å². The predicted octanol–water partition coefficient (Wildman–Crippen LogP) is 1.45. The van der Waals surface area contributed by atoms with Gasteiger partial charge in [-0.3, -0.25) is 4.79 Å². The Labute approximate surface area is 92.8 Å². The van der Waals surface area contributed by atoms with Gasteiger partial charge in [-0.1, -0.05) is 6.07 Å². The van der Waals surface area contributed by atoms with Crippen LogP contribution in [0.15, 0.2) is 18.2 Å². The molecule has 88 valence electrons. The summed E-state index contributed by atoms with van der Waals surface area (Å²) in [6.07, 6.45) is -0.182. The van der Waals surface area contributed by atoms with E-state index in [-0.39, 0.29) is 18.8 Å². The van der Waals surface area contributed by atoms with Gasteiger partial charge in [0.1, 0.15) is 5.82 Å². The van der Waals surface area contributed by atoms with Gasteiger partial charge in [-0.15, -0.1) is 0 Å². The molecule has 0 aliphatic rings. The van der Waals surface area contributed by atoms with Crippen LogP contribution in [0.4, 0.5) is 4.39 Å². The van der Waals surface area contributed by atoms with Crippen molar-refractivity contribution in [2.75, 3.05) is 7.11 Å². The van der Waals surface area contributed by atoms with Gasteiger partial charge in [0.25, 0.3) is 0 Å². The number of hydrogen-bond donors (Lipinski definition) is 2. The molecule has 0 spiro atoms. The summed E-state index contributed by atoms with van der Waals surface area (Å²) in [6, 6.07) is 3.66. The van der Waals surface area contributed by atoms with E-state index < -0.39 is 12.0 Å². The Balaban J connectivity index is 2.88. The fraction of sp³-hybridized carbons (Fsp3) is 0.364. The number of carbonyl (C=O) groups is 1. The van der Waals surface area contributed by atoms with Crippen molar-refractivity contribution in [1.82, 2.24) is 0 Å². The smallest absolute Gasteiger partial charge is 0.305 e. The Kier molecular flexibility index (Phi) is 4.39. The average Bonchev–Trinajstić information content (AvgIpc) is 2.20. The maximum Gasteiger partial charge on any atom is 0.305 e. The second kappa shape index (κ2) is 5.58. The topological polar surface area (TPSA) is 72.5 Å². The molecule has 1 rings (SSSR count). The maximum atomic E-state index is 13.2. The molecule has 3 N–H and O–H groups in total. The highest BCUT2D eigenvalue weighted by Crippen LogP contribution is 2.18. The first kappa shape index (κ1) is 12.6. The Morgan fingerprint density at radius 2 is 2.31 bits per heavy atom. The number of aliphatic carboxylic acids is 1. The summed E-state index contributed by atoms with van der Waals surface area (Å²) in [4.78, 5) is 10.5. The standard InChI is InChI=1S/C11H14FNO3/c1-16-6-8-4-7(2-3-9(8)12)10(13)5-11(14)15/h2-4,10H,5-6,13H2,1H3,(H,14,15). The lowest BCUT2D eigenvalue weighted by molar-refractivity contribution is -0.137. The van der Waals surface area contributed by atoms with E-state index in [1.54, 1.807) is 0 Å². The molecule has 0 bridgehead atoms. The molecule has 0 saturated heterocycles. The highest BCUT2D eigenvalue weighted by atomic mass is 19.1. The van der Waals surface area contributed by atoms with Crippen molar-refractivity contribution in [3.05, 3.63) is 35.1 Å². The largest absolute Gasteiger partial charge is 0.481 e. The van der Waals surface area contributed by atoms with Gasteiger partial charge >= 0.3 is 5.97 Å². The van der Waals surface area contributed by atoms with Crippen molar-refractivity contribution < 1.29 is 19.0 Å². The van der Waals surface area contributed by atoms with Crippen LogP contribution in [0.2, 0.25) is 0 Å². The minimum atomic E-state index is -0.981. The SMILES string of the molecule is COCc1cc(C(N)CC(=O)O)ccc1F. The molecule has 0 saturated carbocycles. The van der Waals surface area contributed by atoms with E-state index in [1.807, 2.05) is 0 Å². The first-order valence-electron chi connectivity index (χ1n) is 4.79. The van der Waals surface area contributed by atoms with Crippen LogP contribution in [0.5, 0.6) is 0 Å². The third-order valence-electron chi connectivity index (χ3n) is 2.19. The summed E-state index contributed by atoms with van der Waals surface area (Å²) < 4.78 is 18.1. The number of carboxylic acid groups (broad SMARTS) is 1. The van der Waals surface area contributed by atoms with Crippen molar-refractivity contribution in [1.29, 1.82) is 0 Å². The first-order chi connectivity index (χ1) is 7.54. The zero-order valence-electron chi connectivity index (χ0n) is 8.94. The number of methoxy groups -OCH3 is 1. The lowest BCUT2D eigenvalue weighted by Crippen LogP contribution is -2.15. The minimum absolute atomic E-state index is 0.138. The fourth-order valence-electron chi connectivity index (χ4n) is 1.40. The van der Waals surface area contributed by atoms with E-state index in [1.165, 1.54) is 25.3 Å². The molecule has 1 unspecified atom stereocenters. The fourth-order valence-corrected chi connectivity index (χ4v) is 1.40. The Morgan fingerprint density at radius 3 is 2.88 bits per heavy atom. The third-order valence-corrected chi connectivity index (χ3v) is 2.19. The van der Waals surface area contributed by atoms with Crippen LogP contribution < -0.4 is 5.73 Å². The van der Waals surface area contributed by atoms with Gasteiger partial charge in [0.2, 0.25) is 0 Å². The number of carboxylic acids is 1. The molecule has 1 aromatic carbocycles. The first-order valence-corrected chi connectivity index (χ1v) is 4.79. The van der Waals surface area contributed by atoms with Crippen molar-refractivity contribution in [2.24, 2.45) is 5.73 Å². The van der Waals surface area contributed by atoms with Gasteiger partial charge in [0.15, 0.2) is 0 Å². The molecule has 0 amide bonds. The predicted molar refractivity (Wildman–Crippen MR) is 56.3 cm³/mol. The highest BCUT2D eigenvalue weighted by Gasteiger charge is 2.12. The summed E-state index contributed by atoms with van der Waals surface area (Å²) in [7, 11) is 1.46. The van der Waals surface area contributed by atoms with Gasteiger partial charge in [0, 0.05) is 18.7 Å². The van der Waals surface area contributed by atoms with Gasteiger partial charge in [-0.2, -0.15) is 0 Å². The van der Waals surface area contributed by atoms with Crippen LogP contribution >= 0.6 is 0 Å². The van der Waals surface area contributed by atoms with Crippen molar-refractivity contribution in [3.8, 4) is 0 Å². The Morgan fingerprint density at radius 1 is 1.62 bits per heavy atom. The number of hydrogen-bond acceptors (Lipinski definition) is 3. The number of ether oxygens (including phenoxy) is 1. The summed E-state index contributed by atoms with van der Waals surface area (Å²) in [6.45, 7) is 0.138. The third kappa shape index (κ3) is 3.29. The molecule has 0 aromatic heterocycles. The van der Waals surface area contributed by atoms with Crippen molar-refractivity contribution >= 4 is 5.97 Å². The van der Waals surface area contributed by atoms with Gasteiger partial charge in [0.05, 0.1) is 13.0 Å². The minimum Gasteiger partial charge on any atom is -0.481 e.